The minimum Gasteiger partial charge on any atom is -0.478 e. The highest BCUT2D eigenvalue weighted by atomic mass is 32.2. The van der Waals surface area contributed by atoms with Crippen LogP contribution in [0.5, 0.6) is 0 Å². The van der Waals surface area contributed by atoms with Gasteiger partial charge in [-0.3, -0.25) is 0 Å². The minimum absolute atomic E-state index is 0.323. The maximum Gasteiger partial charge on any atom is 0.335 e. The number of aromatic carboxylic acids is 1. The Labute approximate surface area is 126 Å². The van der Waals surface area contributed by atoms with Crippen molar-refractivity contribution in [2.24, 2.45) is 0 Å². The molecule has 0 amide bonds. The van der Waals surface area contributed by atoms with Crippen molar-refractivity contribution in [2.75, 3.05) is 17.3 Å². The fourth-order valence-corrected chi connectivity index (χ4v) is 5.10. The summed E-state index contributed by atoms with van der Waals surface area (Å²) in [6.07, 6.45) is 0. The van der Waals surface area contributed by atoms with Gasteiger partial charge in [0.15, 0.2) is 0 Å². The number of imidazole rings is 1. The Kier molecular flexibility index (Phi) is 3.94. The fraction of sp³-hybridized carbons (Fsp3) is 0.429. The molecule has 0 aliphatic carbocycles. The molecule has 1 N–H and O–H groups in total. The molecule has 1 aliphatic heterocycles. The molecule has 1 aromatic heterocycles. The lowest BCUT2D eigenvalue weighted by Crippen LogP contribution is -2.21. The van der Waals surface area contributed by atoms with E-state index < -0.39 is 5.97 Å². The molecule has 1 fully saturated rings. The van der Waals surface area contributed by atoms with Gasteiger partial charge in [0.2, 0.25) is 0 Å². The number of rotatable bonds is 3. The van der Waals surface area contributed by atoms with Gasteiger partial charge >= 0.3 is 5.97 Å². The number of carbonyl (C=O) groups is 1. The third-order valence-electron chi connectivity index (χ3n) is 3.46. The van der Waals surface area contributed by atoms with Crippen molar-refractivity contribution in [2.45, 2.75) is 18.7 Å². The molecule has 1 saturated heterocycles. The van der Waals surface area contributed by atoms with Crippen LogP contribution in [0.25, 0.3) is 11.0 Å². The molecule has 106 valence electrons. The zero-order chi connectivity index (χ0) is 14.1. The number of nitrogens with zero attached hydrogens (tertiary/aromatic N) is 2. The van der Waals surface area contributed by atoms with Gasteiger partial charge in [-0.15, -0.1) is 0 Å². The van der Waals surface area contributed by atoms with Crippen LogP contribution in [0.2, 0.25) is 0 Å². The number of thioether (sulfide) groups is 2. The Morgan fingerprint density at radius 2 is 2.35 bits per heavy atom. The SMILES string of the molecule is Cc1nc2ccc(C(=O)O)cc2n1CC1CSCCS1. The lowest BCUT2D eigenvalue weighted by atomic mass is 10.2. The summed E-state index contributed by atoms with van der Waals surface area (Å²) in [5.74, 6) is 3.65. The van der Waals surface area contributed by atoms with E-state index in [1.165, 1.54) is 11.5 Å². The van der Waals surface area contributed by atoms with E-state index in [1.54, 1.807) is 18.2 Å². The summed E-state index contributed by atoms with van der Waals surface area (Å²) in [6, 6.07) is 5.15. The standard InChI is InChI=1S/C14H16N2O2S2/c1-9-15-12-3-2-10(14(17)18)6-13(12)16(9)7-11-8-19-4-5-20-11/h2-3,6,11H,4-5,7-8H2,1H3,(H,17,18). The van der Waals surface area contributed by atoms with Gasteiger partial charge in [0.05, 0.1) is 16.6 Å². The van der Waals surface area contributed by atoms with Crippen LogP contribution in [0.1, 0.15) is 16.2 Å². The summed E-state index contributed by atoms with van der Waals surface area (Å²) in [5.41, 5.74) is 2.13. The quantitative estimate of drug-likeness (QED) is 0.945. The molecule has 1 aromatic carbocycles. The molecule has 1 atom stereocenters. The van der Waals surface area contributed by atoms with E-state index in [-0.39, 0.29) is 0 Å². The summed E-state index contributed by atoms with van der Waals surface area (Å²) < 4.78 is 2.16. The molecule has 0 radical (unpaired) electrons. The first-order valence-electron chi connectivity index (χ1n) is 6.54. The Bertz CT molecular complexity index is 648. The lowest BCUT2D eigenvalue weighted by molar-refractivity contribution is 0.0697. The highest BCUT2D eigenvalue weighted by molar-refractivity contribution is 8.06. The van der Waals surface area contributed by atoms with Crippen molar-refractivity contribution in [3.8, 4) is 0 Å². The second-order valence-corrected chi connectivity index (χ2v) is 7.40. The third-order valence-corrected chi connectivity index (χ3v) is 6.28. The van der Waals surface area contributed by atoms with Gasteiger partial charge in [-0.25, -0.2) is 9.78 Å². The first kappa shape index (κ1) is 13.8. The maximum absolute atomic E-state index is 11.1. The fourth-order valence-electron chi connectivity index (χ4n) is 2.45. The summed E-state index contributed by atoms with van der Waals surface area (Å²) in [7, 11) is 0. The van der Waals surface area contributed by atoms with Gasteiger partial charge in [-0.05, 0) is 25.1 Å². The summed E-state index contributed by atoms with van der Waals surface area (Å²) in [5, 5.41) is 9.71. The predicted octanol–water partition coefficient (Wildman–Crippen LogP) is 2.89. The third kappa shape index (κ3) is 2.67. The monoisotopic (exact) mass is 308 g/mol. The van der Waals surface area contributed by atoms with E-state index in [4.69, 9.17) is 5.11 Å². The number of aryl methyl sites for hydroxylation is 1. The number of hydrogen-bond acceptors (Lipinski definition) is 4. The first-order valence-corrected chi connectivity index (χ1v) is 8.75. The van der Waals surface area contributed by atoms with Crippen LogP contribution in [0.15, 0.2) is 18.2 Å². The Morgan fingerprint density at radius 1 is 1.50 bits per heavy atom. The van der Waals surface area contributed by atoms with Crippen molar-refractivity contribution in [1.29, 1.82) is 0 Å². The van der Waals surface area contributed by atoms with Crippen molar-refractivity contribution in [1.82, 2.24) is 9.55 Å². The molecule has 1 aliphatic rings. The number of hydrogen-bond donors (Lipinski definition) is 1. The zero-order valence-corrected chi connectivity index (χ0v) is 12.8. The Balaban J connectivity index is 1.97. The van der Waals surface area contributed by atoms with E-state index in [0.29, 0.717) is 10.8 Å². The normalized spacial score (nSPS) is 19.4. The van der Waals surface area contributed by atoms with E-state index in [2.05, 4.69) is 9.55 Å². The first-order chi connectivity index (χ1) is 9.65. The molecule has 0 saturated carbocycles. The van der Waals surface area contributed by atoms with Gasteiger partial charge < -0.3 is 9.67 Å². The van der Waals surface area contributed by atoms with Crippen molar-refractivity contribution < 1.29 is 9.90 Å². The summed E-state index contributed by atoms with van der Waals surface area (Å²) in [6.45, 7) is 2.89. The van der Waals surface area contributed by atoms with E-state index in [9.17, 15) is 4.79 Å². The highest BCUT2D eigenvalue weighted by Gasteiger charge is 2.18. The van der Waals surface area contributed by atoms with Crippen LogP contribution in [0.4, 0.5) is 0 Å². The molecule has 20 heavy (non-hydrogen) atoms. The molecule has 2 aromatic rings. The van der Waals surface area contributed by atoms with E-state index in [0.717, 1.165) is 29.2 Å². The minimum atomic E-state index is -0.889. The largest absolute Gasteiger partial charge is 0.478 e. The predicted molar refractivity (Wildman–Crippen MR) is 85.0 cm³/mol. The molecule has 0 bridgehead atoms. The van der Waals surface area contributed by atoms with Crippen LogP contribution in [0.3, 0.4) is 0 Å². The average molecular weight is 308 g/mol. The van der Waals surface area contributed by atoms with Gasteiger partial charge in [0, 0.05) is 29.1 Å². The van der Waals surface area contributed by atoms with Gasteiger partial charge in [-0.1, -0.05) is 0 Å². The number of aromatic nitrogens is 2. The van der Waals surface area contributed by atoms with Crippen LogP contribution in [0, 0.1) is 6.92 Å². The van der Waals surface area contributed by atoms with Gasteiger partial charge in [0.1, 0.15) is 5.82 Å². The summed E-state index contributed by atoms with van der Waals surface area (Å²) in [4.78, 5) is 15.6. The Morgan fingerprint density at radius 3 is 3.05 bits per heavy atom. The second-order valence-electron chi connectivity index (χ2n) is 4.85. The second kappa shape index (κ2) is 5.69. The number of benzene rings is 1. The van der Waals surface area contributed by atoms with Crippen LogP contribution in [-0.4, -0.2) is 43.1 Å². The maximum atomic E-state index is 11.1. The number of carboxylic acids is 1. The van der Waals surface area contributed by atoms with E-state index in [1.807, 2.05) is 30.4 Å². The highest BCUT2D eigenvalue weighted by Crippen LogP contribution is 2.27. The van der Waals surface area contributed by atoms with Crippen LogP contribution in [-0.2, 0) is 6.54 Å². The Hall–Kier alpha value is -1.14. The molecule has 6 heteroatoms. The summed E-state index contributed by atoms with van der Waals surface area (Å²) >= 11 is 4.00. The van der Waals surface area contributed by atoms with Crippen molar-refractivity contribution in [3.63, 3.8) is 0 Å². The molecular weight excluding hydrogens is 292 g/mol. The zero-order valence-electron chi connectivity index (χ0n) is 11.2. The molecule has 3 rings (SSSR count). The molecule has 4 nitrogen and oxygen atoms in total. The van der Waals surface area contributed by atoms with Gasteiger partial charge in [-0.2, -0.15) is 23.5 Å². The molecule has 2 heterocycles. The van der Waals surface area contributed by atoms with Crippen LogP contribution < -0.4 is 0 Å². The topological polar surface area (TPSA) is 55.1 Å². The smallest absolute Gasteiger partial charge is 0.335 e. The van der Waals surface area contributed by atoms with E-state index >= 15 is 0 Å². The van der Waals surface area contributed by atoms with Crippen molar-refractivity contribution >= 4 is 40.5 Å². The number of fused-ring (bicyclic) bond motifs is 1. The average Bonchev–Trinajstić information content (AvgIpc) is 2.75. The molecular formula is C14H16N2O2S2. The van der Waals surface area contributed by atoms with Crippen LogP contribution >= 0.6 is 23.5 Å². The van der Waals surface area contributed by atoms with Gasteiger partial charge in [0.25, 0.3) is 0 Å². The molecule has 0 spiro atoms. The van der Waals surface area contributed by atoms with Crippen molar-refractivity contribution in [3.05, 3.63) is 29.6 Å². The molecule has 1 unspecified atom stereocenters. The lowest BCUT2D eigenvalue weighted by Gasteiger charge is -2.22. The number of carboxylic acid groups (broad SMARTS) is 1.